The van der Waals surface area contributed by atoms with Crippen molar-refractivity contribution in [3.63, 3.8) is 0 Å². The third kappa shape index (κ3) is 2.45. The first-order valence-corrected chi connectivity index (χ1v) is 6.65. The van der Waals surface area contributed by atoms with Gasteiger partial charge in [-0.15, -0.1) is 0 Å². The highest BCUT2D eigenvalue weighted by Gasteiger charge is 2.08. The highest BCUT2D eigenvalue weighted by Crippen LogP contribution is 2.30. The number of hydrogen-bond donors (Lipinski definition) is 2. The van der Waals surface area contributed by atoms with Crippen molar-refractivity contribution in [1.82, 2.24) is 19.9 Å². The Labute approximate surface area is 114 Å². The van der Waals surface area contributed by atoms with E-state index in [9.17, 15) is 5.11 Å². The normalized spacial score (nSPS) is 12.7. The van der Waals surface area contributed by atoms with Crippen LogP contribution in [0, 0.1) is 0 Å². The van der Waals surface area contributed by atoms with Gasteiger partial charge in [-0.05, 0) is 24.6 Å². The predicted molar refractivity (Wildman–Crippen MR) is 72.9 cm³/mol. The molecule has 96 valence electrons. The zero-order chi connectivity index (χ0) is 13.2. The molecule has 0 spiro atoms. The molecule has 0 radical (unpaired) electrons. The van der Waals surface area contributed by atoms with E-state index in [1.54, 1.807) is 13.3 Å². The number of benzene rings is 1. The van der Waals surface area contributed by atoms with Gasteiger partial charge >= 0.3 is 0 Å². The number of rotatable bonds is 3. The van der Waals surface area contributed by atoms with Crippen molar-refractivity contribution in [3.8, 4) is 0 Å². The topological polar surface area (TPSA) is 74.7 Å². The van der Waals surface area contributed by atoms with Crippen LogP contribution in [0.2, 0.25) is 0 Å². The SMILES string of the molecule is CC(O)c1ccc(Sc2ncnc3nc[nH]c23)cc1. The van der Waals surface area contributed by atoms with E-state index >= 15 is 0 Å². The summed E-state index contributed by atoms with van der Waals surface area (Å²) in [5, 5.41) is 10.3. The van der Waals surface area contributed by atoms with Crippen molar-refractivity contribution in [2.75, 3.05) is 0 Å². The molecule has 5 nitrogen and oxygen atoms in total. The molecule has 2 N–H and O–H groups in total. The third-order valence-corrected chi connectivity index (χ3v) is 3.78. The van der Waals surface area contributed by atoms with E-state index in [4.69, 9.17) is 0 Å². The van der Waals surface area contributed by atoms with Crippen LogP contribution in [0.1, 0.15) is 18.6 Å². The van der Waals surface area contributed by atoms with Gasteiger partial charge in [0.1, 0.15) is 16.9 Å². The molecule has 1 aromatic carbocycles. The average molecular weight is 272 g/mol. The maximum atomic E-state index is 9.48. The van der Waals surface area contributed by atoms with Gasteiger partial charge in [-0.2, -0.15) is 0 Å². The van der Waals surface area contributed by atoms with Crippen molar-refractivity contribution < 1.29 is 5.11 Å². The summed E-state index contributed by atoms with van der Waals surface area (Å²) >= 11 is 1.54. The first-order chi connectivity index (χ1) is 9.24. The number of fused-ring (bicyclic) bond motifs is 1. The van der Waals surface area contributed by atoms with Gasteiger partial charge in [0.2, 0.25) is 0 Å². The summed E-state index contributed by atoms with van der Waals surface area (Å²) in [5.41, 5.74) is 2.41. The van der Waals surface area contributed by atoms with E-state index in [1.807, 2.05) is 24.3 Å². The standard InChI is InChI=1S/C13H12N4OS/c1-8(18)9-2-4-10(5-3-9)19-13-11-12(15-6-14-11)16-7-17-13/h2-8,18H,1H3,(H,14,15,16,17). The first-order valence-electron chi connectivity index (χ1n) is 5.84. The van der Waals surface area contributed by atoms with Crippen LogP contribution >= 0.6 is 11.8 Å². The molecule has 0 fully saturated rings. The van der Waals surface area contributed by atoms with E-state index in [1.165, 1.54) is 18.1 Å². The lowest BCUT2D eigenvalue weighted by atomic mass is 10.1. The molecule has 0 amide bonds. The van der Waals surface area contributed by atoms with Gasteiger partial charge in [-0.3, -0.25) is 0 Å². The fourth-order valence-corrected chi connectivity index (χ4v) is 2.59. The number of imidazole rings is 1. The fraction of sp³-hybridized carbons (Fsp3) is 0.154. The van der Waals surface area contributed by atoms with Crippen molar-refractivity contribution in [1.29, 1.82) is 0 Å². The van der Waals surface area contributed by atoms with Crippen molar-refractivity contribution >= 4 is 22.9 Å². The second kappa shape index (κ2) is 4.99. The Hall–Kier alpha value is -1.92. The maximum absolute atomic E-state index is 9.48. The fourth-order valence-electron chi connectivity index (χ4n) is 1.75. The molecule has 3 aromatic rings. The molecular formula is C13H12N4OS. The minimum atomic E-state index is -0.447. The van der Waals surface area contributed by atoms with E-state index < -0.39 is 6.10 Å². The van der Waals surface area contributed by atoms with E-state index in [2.05, 4.69) is 19.9 Å². The quantitative estimate of drug-likeness (QED) is 0.717. The molecule has 0 saturated carbocycles. The lowest BCUT2D eigenvalue weighted by Gasteiger charge is -2.06. The Kier molecular flexibility index (Phi) is 3.18. The molecule has 3 rings (SSSR count). The number of H-pyrrole nitrogens is 1. The van der Waals surface area contributed by atoms with Crippen molar-refractivity contribution in [2.24, 2.45) is 0 Å². The number of aromatic nitrogens is 4. The predicted octanol–water partition coefficient (Wildman–Crippen LogP) is 2.56. The molecule has 0 aliphatic heterocycles. The van der Waals surface area contributed by atoms with Crippen LogP contribution in [0.5, 0.6) is 0 Å². The van der Waals surface area contributed by atoms with Crippen molar-refractivity contribution in [3.05, 3.63) is 42.5 Å². The molecule has 0 aliphatic carbocycles. The minimum absolute atomic E-state index is 0.447. The zero-order valence-corrected chi connectivity index (χ0v) is 11.1. The average Bonchev–Trinajstić information content (AvgIpc) is 2.89. The summed E-state index contributed by atoms with van der Waals surface area (Å²) in [7, 11) is 0. The first kappa shape index (κ1) is 12.1. The number of hydrogen-bond acceptors (Lipinski definition) is 5. The third-order valence-electron chi connectivity index (χ3n) is 2.77. The summed E-state index contributed by atoms with van der Waals surface area (Å²) in [6.45, 7) is 1.75. The van der Waals surface area contributed by atoms with Gasteiger partial charge in [0.05, 0.1) is 12.4 Å². The van der Waals surface area contributed by atoms with E-state index in [0.29, 0.717) is 5.65 Å². The monoisotopic (exact) mass is 272 g/mol. The minimum Gasteiger partial charge on any atom is -0.389 e. The maximum Gasteiger partial charge on any atom is 0.181 e. The summed E-state index contributed by atoms with van der Waals surface area (Å²) in [6.07, 6.45) is 2.67. The van der Waals surface area contributed by atoms with Crippen LogP contribution in [-0.4, -0.2) is 25.0 Å². The molecule has 0 aliphatic rings. The summed E-state index contributed by atoms with van der Waals surface area (Å²) in [4.78, 5) is 16.5. The second-order valence-electron chi connectivity index (χ2n) is 4.13. The lowest BCUT2D eigenvalue weighted by molar-refractivity contribution is 0.199. The van der Waals surface area contributed by atoms with Gasteiger partial charge < -0.3 is 10.1 Å². The van der Waals surface area contributed by atoms with Crippen LogP contribution in [-0.2, 0) is 0 Å². The van der Waals surface area contributed by atoms with Crippen LogP contribution in [0.15, 0.2) is 46.8 Å². The molecule has 19 heavy (non-hydrogen) atoms. The largest absolute Gasteiger partial charge is 0.389 e. The Balaban J connectivity index is 1.90. The highest BCUT2D eigenvalue weighted by atomic mass is 32.2. The Morgan fingerprint density at radius 1 is 1.16 bits per heavy atom. The number of aliphatic hydroxyl groups excluding tert-OH is 1. The summed E-state index contributed by atoms with van der Waals surface area (Å²) in [5.74, 6) is 0. The molecule has 1 atom stereocenters. The smallest absolute Gasteiger partial charge is 0.181 e. The molecular weight excluding hydrogens is 260 g/mol. The molecule has 2 heterocycles. The lowest BCUT2D eigenvalue weighted by Crippen LogP contribution is -1.90. The molecule has 2 aromatic heterocycles. The van der Waals surface area contributed by atoms with E-state index in [-0.39, 0.29) is 0 Å². The summed E-state index contributed by atoms with van der Waals surface area (Å²) < 4.78 is 0. The number of nitrogens with one attached hydrogen (secondary N) is 1. The molecule has 0 bridgehead atoms. The Morgan fingerprint density at radius 3 is 2.68 bits per heavy atom. The van der Waals surface area contributed by atoms with Gasteiger partial charge in [0.15, 0.2) is 5.65 Å². The Morgan fingerprint density at radius 2 is 1.95 bits per heavy atom. The van der Waals surface area contributed by atoms with Crippen LogP contribution in [0.3, 0.4) is 0 Å². The molecule has 6 heteroatoms. The number of aliphatic hydroxyl groups is 1. The van der Waals surface area contributed by atoms with Gasteiger partial charge in [-0.25, -0.2) is 15.0 Å². The molecule has 1 unspecified atom stereocenters. The van der Waals surface area contributed by atoms with E-state index in [0.717, 1.165) is 21.0 Å². The van der Waals surface area contributed by atoms with Crippen LogP contribution in [0.4, 0.5) is 0 Å². The Bertz CT molecular complexity index is 693. The van der Waals surface area contributed by atoms with Crippen molar-refractivity contribution in [2.45, 2.75) is 22.9 Å². The zero-order valence-electron chi connectivity index (χ0n) is 10.2. The van der Waals surface area contributed by atoms with Crippen LogP contribution in [0.25, 0.3) is 11.2 Å². The second-order valence-corrected chi connectivity index (χ2v) is 5.19. The highest BCUT2D eigenvalue weighted by molar-refractivity contribution is 7.99. The van der Waals surface area contributed by atoms with Gasteiger partial charge in [0, 0.05) is 4.90 Å². The molecule has 0 saturated heterocycles. The van der Waals surface area contributed by atoms with Gasteiger partial charge in [-0.1, -0.05) is 23.9 Å². The number of nitrogens with zero attached hydrogens (tertiary/aromatic N) is 3. The van der Waals surface area contributed by atoms with Crippen LogP contribution < -0.4 is 0 Å². The number of aromatic amines is 1. The summed E-state index contributed by atoms with van der Waals surface area (Å²) in [6, 6.07) is 7.77. The van der Waals surface area contributed by atoms with Gasteiger partial charge in [0.25, 0.3) is 0 Å².